The first-order valence-electron chi connectivity index (χ1n) is 8.99. The summed E-state index contributed by atoms with van der Waals surface area (Å²) < 4.78 is 32.6. The molecule has 0 fully saturated rings. The fraction of sp³-hybridized carbons (Fsp3) is 0.0952. The second-order valence-corrected chi connectivity index (χ2v) is 8.14. The summed E-state index contributed by atoms with van der Waals surface area (Å²) in [5, 5.41) is 26.4. The predicted octanol–water partition coefficient (Wildman–Crippen LogP) is 3.99. The summed E-state index contributed by atoms with van der Waals surface area (Å²) in [6.07, 6.45) is 0. The lowest BCUT2D eigenvalue weighted by Crippen LogP contribution is -2.23. The maximum Gasteiger partial charge on any atom is 0.339 e. The number of nitrogens with one attached hydrogen (secondary N) is 1. The number of hydrogen-bond donors (Lipinski definition) is 3. The number of azo groups is 1. The summed E-state index contributed by atoms with van der Waals surface area (Å²) in [5.74, 6) is -0.975. The second-order valence-electron chi connectivity index (χ2n) is 6.37. The van der Waals surface area contributed by atoms with Gasteiger partial charge >= 0.3 is 5.97 Å². The van der Waals surface area contributed by atoms with Crippen LogP contribution in [0.5, 0.6) is 11.5 Å². The van der Waals surface area contributed by atoms with Crippen molar-refractivity contribution in [1.82, 2.24) is 4.72 Å². The van der Waals surface area contributed by atoms with E-state index in [1.54, 1.807) is 31.4 Å². The van der Waals surface area contributed by atoms with Crippen molar-refractivity contribution in [2.75, 3.05) is 7.11 Å². The van der Waals surface area contributed by atoms with E-state index >= 15 is 0 Å². The number of rotatable bonds is 8. The molecule has 0 atom stereocenters. The number of methoxy groups -OCH3 is 1. The molecule has 10 heteroatoms. The van der Waals surface area contributed by atoms with Gasteiger partial charge in [-0.2, -0.15) is 10.2 Å². The summed E-state index contributed by atoms with van der Waals surface area (Å²) in [6.45, 7) is 0.126. The minimum Gasteiger partial charge on any atom is -0.507 e. The van der Waals surface area contributed by atoms with Gasteiger partial charge < -0.3 is 14.9 Å². The van der Waals surface area contributed by atoms with Crippen molar-refractivity contribution >= 4 is 27.4 Å². The number of phenols is 1. The number of sulfonamides is 1. The highest BCUT2D eigenvalue weighted by atomic mass is 32.2. The number of benzene rings is 3. The van der Waals surface area contributed by atoms with Crippen molar-refractivity contribution in [2.24, 2.45) is 10.2 Å². The average molecular weight is 441 g/mol. The van der Waals surface area contributed by atoms with Gasteiger partial charge in [-0.1, -0.05) is 12.1 Å². The van der Waals surface area contributed by atoms with E-state index in [1.165, 1.54) is 42.5 Å². The molecule has 0 aromatic heterocycles. The number of aromatic hydroxyl groups is 1. The monoisotopic (exact) mass is 441 g/mol. The maximum absolute atomic E-state index is 12.5. The zero-order valence-electron chi connectivity index (χ0n) is 16.4. The van der Waals surface area contributed by atoms with Crippen LogP contribution in [-0.2, 0) is 16.6 Å². The molecule has 31 heavy (non-hydrogen) atoms. The smallest absolute Gasteiger partial charge is 0.339 e. The van der Waals surface area contributed by atoms with Crippen LogP contribution in [0.4, 0.5) is 11.4 Å². The maximum atomic E-state index is 12.5. The van der Waals surface area contributed by atoms with E-state index in [0.717, 1.165) is 5.56 Å². The summed E-state index contributed by atoms with van der Waals surface area (Å²) >= 11 is 0. The Morgan fingerprint density at radius 3 is 2.19 bits per heavy atom. The van der Waals surface area contributed by atoms with Crippen molar-refractivity contribution in [3.05, 3.63) is 77.9 Å². The first-order valence-corrected chi connectivity index (χ1v) is 10.5. The number of carbonyl (C=O) groups is 1. The van der Waals surface area contributed by atoms with Gasteiger partial charge in [0.25, 0.3) is 0 Å². The summed E-state index contributed by atoms with van der Waals surface area (Å²) in [7, 11) is -2.17. The minimum absolute atomic E-state index is 0.0674. The van der Waals surface area contributed by atoms with E-state index in [0.29, 0.717) is 11.4 Å². The van der Waals surface area contributed by atoms with Gasteiger partial charge in [0, 0.05) is 6.54 Å². The summed E-state index contributed by atoms with van der Waals surface area (Å²) in [6, 6.07) is 16.6. The number of hydrogen-bond acceptors (Lipinski definition) is 7. The van der Waals surface area contributed by atoms with Gasteiger partial charge in [0.05, 0.1) is 23.4 Å². The van der Waals surface area contributed by atoms with Crippen LogP contribution in [0.2, 0.25) is 0 Å². The van der Waals surface area contributed by atoms with E-state index < -0.39 is 16.0 Å². The number of carboxylic acids is 1. The molecule has 0 aliphatic heterocycles. The lowest BCUT2D eigenvalue weighted by atomic mass is 10.2. The molecule has 0 saturated carbocycles. The van der Waals surface area contributed by atoms with Crippen molar-refractivity contribution in [1.29, 1.82) is 0 Å². The quantitative estimate of drug-likeness (QED) is 0.452. The molecule has 0 saturated heterocycles. The van der Waals surface area contributed by atoms with Crippen molar-refractivity contribution in [2.45, 2.75) is 11.4 Å². The fourth-order valence-corrected chi connectivity index (χ4v) is 3.59. The summed E-state index contributed by atoms with van der Waals surface area (Å²) in [5.41, 5.74) is 1.09. The molecule has 3 aromatic rings. The Hall–Kier alpha value is -3.76. The van der Waals surface area contributed by atoms with Crippen LogP contribution in [0.3, 0.4) is 0 Å². The van der Waals surface area contributed by atoms with E-state index in [-0.39, 0.29) is 28.4 Å². The van der Waals surface area contributed by atoms with Crippen molar-refractivity contribution < 1.29 is 28.2 Å². The number of carboxylic acid groups (broad SMARTS) is 1. The molecule has 9 nitrogen and oxygen atoms in total. The minimum atomic E-state index is -3.72. The standard InChI is InChI=1S/C21H19N3O6S/c1-30-17-7-2-14(3-8-17)13-22-31(28,29)18-9-4-15(5-10-18)23-24-16-6-11-20(25)19(12-16)21(26)27/h2-12,22,25H,13H2,1H3,(H,26,27)/b24-23+. The molecule has 3 aromatic carbocycles. The number of ether oxygens (including phenoxy) is 1. The molecular weight excluding hydrogens is 422 g/mol. The Bertz CT molecular complexity index is 1210. The Balaban J connectivity index is 1.67. The number of nitrogens with zero attached hydrogens (tertiary/aromatic N) is 2. The Labute approximate surface area is 178 Å². The molecular formula is C21H19N3O6S. The fourth-order valence-electron chi connectivity index (χ4n) is 2.57. The van der Waals surface area contributed by atoms with Crippen LogP contribution in [0.1, 0.15) is 15.9 Å². The van der Waals surface area contributed by atoms with Gasteiger partial charge in [-0.15, -0.1) is 0 Å². The molecule has 0 heterocycles. The van der Waals surface area contributed by atoms with Gasteiger partial charge in [0.1, 0.15) is 17.1 Å². The third-order valence-electron chi connectivity index (χ3n) is 4.26. The molecule has 0 spiro atoms. The molecule has 0 radical (unpaired) electrons. The van der Waals surface area contributed by atoms with E-state index in [9.17, 15) is 18.3 Å². The van der Waals surface area contributed by atoms with Gasteiger partial charge in [0.15, 0.2) is 0 Å². The van der Waals surface area contributed by atoms with Crippen molar-refractivity contribution in [3.63, 3.8) is 0 Å². The predicted molar refractivity (Wildman–Crippen MR) is 113 cm³/mol. The van der Waals surface area contributed by atoms with Gasteiger partial charge in [-0.3, -0.25) is 0 Å². The third-order valence-corrected chi connectivity index (χ3v) is 5.68. The molecule has 160 valence electrons. The van der Waals surface area contributed by atoms with Crippen LogP contribution in [0, 0.1) is 0 Å². The Kier molecular flexibility index (Phi) is 6.63. The van der Waals surface area contributed by atoms with Gasteiger partial charge in [-0.05, 0) is 60.2 Å². The van der Waals surface area contributed by atoms with Crippen LogP contribution in [0.15, 0.2) is 81.9 Å². The SMILES string of the molecule is COc1ccc(CNS(=O)(=O)c2ccc(/N=N/c3ccc(O)c(C(=O)O)c3)cc2)cc1. The van der Waals surface area contributed by atoms with Gasteiger partial charge in [-0.25, -0.2) is 17.9 Å². The van der Waals surface area contributed by atoms with E-state index in [2.05, 4.69) is 15.0 Å². The van der Waals surface area contributed by atoms with Crippen LogP contribution in [0.25, 0.3) is 0 Å². The molecule has 0 aliphatic rings. The van der Waals surface area contributed by atoms with Crippen molar-refractivity contribution in [3.8, 4) is 11.5 Å². The molecule has 3 N–H and O–H groups in total. The average Bonchev–Trinajstić information content (AvgIpc) is 2.77. The summed E-state index contributed by atoms with van der Waals surface area (Å²) in [4.78, 5) is 11.1. The lowest BCUT2D eigenvalue weighted by Gasteiger charge is -2.08. The normalized spacial score (nSPS) is 11.5. The first kappa shape index (κ1) is 21.9. The molecule has 0 unspecified atom stereocenters. The Morgan fingerprint density at radius 1 is 0.968 bits per heavy atom. The highest BCUT2D eigenvalue weighted by Crippen LogP contribution is 2.25. The molecule has 0 amide bonds. The van der Waals surface area contributed by atoms with Crippen LogP contribution < -0.4 is 9.46 Å². The highest BCUT2D eigenvalue weighted by Gasteiger charge is 2.14. The topological polar surface area (TPSA) is 138 Å². The van der Waals surface area contributed by atoms with E-state index in [1.807, 2.05) is 0 Å². The zero-order valence-corrected chi connectivity index (χ0v) is 17.2. The second kappa shape index (κ2) is 9.37. The zero-order chi connectivity index (χ0) is 22.4. The van der Waals surface area contributed by atoms with Crippen LogP contribution in [-0.4, -0.2) is 31.7 Å². The molecule has 3 rings (SSSR count). The van der Waals surface area contributed by atoms with E-state index in [4.69, 9.17) is 9.84 Å². The largest absolute Gasteiger partial charge is 0.507 e. The number of aromatic carboxylic acids is 1. The Morgan fingerprint density at radius 2 is 1.58 bits per heavy atom. The third kappa shape index (κ3) is 5.65. The first-order chi connectivity index (χ1) is 14.8. The lowest BCUT2D eigenvalue weighted by molar-refractivity contribution is 0.0693. The highest BCUT2D eigenvalue weighted by molar-refractivity contribution is 7.89. The molecule has 0 aliphatic carbocycles. The molecule has 0 bridgehead atoms. The van der Waals surface area contributed by atoms with Crippen LogP contribution >= 0.6 is 0 Å². The van der Waals surface area contributed by atoms with Gasteiger partial charge in [0.2, 0.25) is 10.0 Å².